The Labute approximate surface area is 125 Å². The summed E-state index contributed by atoms with van der Waals surface area (Å²) in [5.74, 6) is 0.0539. The van der Waals surface area contributed by atoms with Crippen LogP contribution < -0.4 is 5.73 Å². The Balaban J connectivity index is 1.93. The quantitative estimate of drug-likeness (QED) is 0.935. The van der Waals surface area contributed by atoms with E-state index in [1.807, 2.05) is 17.0 Å². The van der Waals surface area contributed by atoms with Gasteiger partial charge in [-0.05, 0) is 49.1 Å². The molecule has 0 aromatic heterocycles. The van der Waals surface area contributed by atoms with Crippen molar-refractivity contribution in [3.63, 3.8) is 0 Å². The van der Waals surface area contributed by atoms with Crippen molar-refractivity contribution < 1.29 is 4.79 Å². The molecule has 1 amide bonds. The first-order valence-electron chi connectivity index (χ1n) is 7.64. The number of amides is 1. The van der Waals surface area contributed by atoms with E-state index in [4.69, 9.17) is 5.73 Å². The molecular formula is C18H22N2O. The van der Waals surface area contributed by atoms with Crippen LogP contribution in [0.2, 0.25) is 0 Å². The number of fused-ring (bicyclic) bond motifs is 1. The van der Waals surface area contributed by atoms with Gasteiger partial charge < -0.3 is 10.6 Å². The van der Waals surface area contributed by atoms with Crippen LogP contribution in [0, 0.1) is 0 Å². The molecule has 3 heteroatoms. The number of carbonyl (C=O) groups excluding carboxylic acids is 1. The maximum Gasteiger partial charge on any atom is 0.239 e. The second-order valence-electron chi connectivity index (χ2n) is 6.05. The van der Waals surface area contributed by atoms with Crippen LogP contribution in [0.25, 0.3) is 10.8 Å². The van der Waals surface area contributed by atoms with Crippen molar-refractivity contribution in [1.29, 1.82) is 0 Å². The number of rotatable bonds is 4. The minimum absolute atomic E-state index is 0.0539. The van der Waals surface area contributed by atoms with Gasteiger partial charge in [0.05, 0.1) is 12.1 Å². The zero-order chi connectivity index (χ0) is 15.0. The van der Waals surface area contributed by atoms with Crippen LogP contribution in [0.5, 0.6) is 0 Å². The molecule has 1 aliphatic carbocycles. The summed E-state index contributed by atoms with van der Waals surface area (Å²) in [5.41, 5.74) is 6.99. The fourth-order valence-corrected chi connectivity index (χ4v) is 2.90. The molecule has 0 bridgehead atoms. The molecule has 1 aliphatic rings. The number of hydrogen-bond acceptors (Lipinski definition) is 2. The number of carbonyl (C=O) groups is 1. The topological polar surface area (TPSA) is 46.3 Å². The van der Waals surface area contributed by atoms with Crippen molar-refractivity contribution in [2.75, 3.05) is 0 Å². The van der Waals surface area contributed by atoms with Crippen LogP contribution in [-0.4, -0.2) is 22.9 Å². The fourth-order valence-electron chi connectivity index (χ4n) is 2.90. The molecule has 2 N–H and O–H groups in total. The van der Waals surface area contributed by atoms with Gasteiger partial charge in [-0.25, -0.2) is 0 Å². The van der Waals surface area contributed by atoms with Gasteiger partial charge in [0.25, 0.3) is 0 Å². The maximum absolute atomic E-state index is 12.4. The predicted molar refractivity (Wildman–Crippen MR) is 85.9 cm³/mol. The van der Waals surface area contributed by atoms with E-state index < -0.39 is 6.04 Å². The molecular weight excluding hydrogens is 260 g/mol. The summed E-state index contributed by atoms with van der Waals surface area (Å²) in [5, 5.41) is 2.44. The van der Waals surface area contributed by atoms with Gasteiger partial charge in [0, 0.05) is 6.04 Å². The minimum Gasteiger partial charge on any atom is -0.332 e. The third kappa shape index (κ3) is 2.79. The minimum atomic E-state index is -0.437. The monoisotopic (exact) mass is 282 g/mol. The molecule has 2 aromatic rings. The van der Waals surface area contributed by atoms with Crippen LogP contribution >= 0.6 is 0 Å². The van der Waals surface area contributed by atoms with Crippen LogP contribution in [-0.2, 0) is 4.79 Å². The van der Waals surface area contributed by atoms with Gasteiger partial charge in [0.1, 0.15) is 0 Å². The van der Waals surface area contributed by atoms with Gasteiger partial charge in [-0.2, -0.15) is 0 Å². The molecule has 21 heavy (non-hydrogen) atoms. The Morgan fingerprint density at radius 2 is 1.81 bits per heavy atom. The molecule has 1 fully saturated rings. The van der Waals surface area contributed by atoms with Crippen LogP contribution in [0.3, 0.4) is 0 Å². The maximum atomic E-state index is 12.4. The molecule has 3 rings (SSSR count). The number of hydrogen-bond donors (Lipinski definition) is 1. The largest absolute Gasteiger partial charge is 0.332 e. The third-order valence-electron chi connectivity index (χ3n) is 4.26. The van der Waals surface area contributed by atoms with Gasteiger partial charge in [-0.3, -0.25) is 4.79 Å². The Bertz CT molecular complexity index is 661. The number of nitrogens with two attached hydrogens (primary N) is 1. The van der Waals surface area contributed by atoms with Gasteiger partial charge in [-0.1, -0.05) is 36.4 Å². The average molecular weight is 282 g/mol. The van der Waals surface area contributed by atoms with Crippen molar-refractivity contribution in [3.8, 4) is 0 Å². The van der Waals surface area contributed by atoms with E-state index in [1.54, 1.807) is 6.92 Å². The van der Waals surface area contributed by atoms with Crippen molar-refractivity contribution in [1.82, 2.24) is 4.90 Å². The zero-order valence-corrected chi connectivity index (χ0v) is 12.6. The molecule has 1 saturated carbocycles. The Kier molecular flexibility index (Phi) is 3.68. The van der Waals surface area contributed by atoms with Crippen LogP contribution in [0.15, 0.2) is 42.5 Å². The van der Waals surface area contributed by atoms with E-state index in [0.717, 1.165) is 12.8 Å². The summed E-state index contributed by atoms with van der Waals surface area (Å²) in [4.78, 5) is 14.4. The summed E-state index contributed by atoms with van der Waals surface area (Å²) in [6.45, 7) is 3.87. The fraction of sp³-hybridized carbons (Fsp3) is 0.389. The highest BCUT2D eigenvalue weighted by molar-refractivity contribution is 5.84. The SMILES string of the molecule is C[C@H](c1ccc2ccccc2c1)N(C(=O)[C@@H](C)N)C1CC1. The Morgan fingerprint density at radius 1 is 1.14 bits per heavy atom. The van der Waals surface area contributed by atoms with Gasteiger partial charge in [0.2, 0.25) is 5.91 Å². The van der Waals surface area contributed by atoms with Gasteiger partial charge >= 0.3 is 0 Å². The average Bonchev–Trinajstić information content (AvgIpc) is 3.31. The highest BCUT2D eigenvalue weighted by Gasteiger charge is 2.37. The predicted octanol–water partition coefficient (Wildman–Crippen LogP) is 3.24. The smallest absolute Gasteiger partial charge is 0.239 e. The van der Waals surface area contributed by atoms with Crippen molar-refractivity contribution in [2.24, 2.45) is 5.73 Å². The summed E-state index contributed by atoms with van der Waals surface area (Å²) >= 11 is 0. The van der Waals surface area contributed by atoms with Gasteiger partial charge in [-0.15, -0.1) is 0 Å². The van der Waals surface area contributed by atoms with E-state index in [1.165, 1.54) is 16.3 Å². The normalized spacial score (nSPS) is 17.5. The molecule has 2 aromatic carbocycles. The van der Waals surface area contributed by atoms with Crippen molar-refractivity contribution in [3.05, 3.63) is 48.0 Å². The van der Waals surface area contributed by atoms with Crippen molar-refractivity contribution >= 4 is 16.7 Å². The third-order valence-corrected chi connectivity index (χ3v) is 4.26. The second-order valence-corrected chi connectivity index (χ2v) is 6.05. The summed E-state index contributed by atoms with van der Waals surface area (Å²) < 4.78 is 0. The van der Waals surface area contributed by atoms with E-state index in [0.29, 0.717) is 6.04 Å². The van der Waals surface area contributed by atoms with E-state index in [9.17, 15) is 4.79 Å². The lowest BCUT2D eigenvalue weighted by Gasteiger charge is -2.31. The number of nitrogens with zero attached hydrogens (tertiary/aromatic N) is 1. The Hall–Kier alpha value is -1.87. The van der Waals surface area contributed by atoms with E-state index in [2.05, 4.69) is 37.3 Å². The van der Waals surface area contributed by atoms with Crippen molar-refractivity contribution in [2.45, 2.75) is 44.8 Å². The Morgan fingerprint density at radius 3 is 2.43 bits per heavy atom. The molecule has 0 heterocycles. The summed E-state index contributed by atoms with van der Waals surface area (Å²) in [6.07, 6.45) is 2.19. The molecule has 0 aliphatic heterocycles. The van der Waals surface area contributed by atoms with E-state index >= 15 is 0 Å². The molecule has 0 spiro atoms. The van der Waals surface area contributed by atoms with E-state index in [-0.39, 0.29) is 11.9 Å². The standard InChI is InChI=1S/C18H22N2O/c1-12(19)18(21)20(17-9-10-17)13(2)15-8-7-14-5-3-4-6-16(14)11-15/h3-8,11-13,17H,9-10,19H2,1-2H3/t12-,13-/m1/s1. The lowest BCUT2D eigenvalue weighted by atomic mass is 10.0. The highest BCUT2D eigenvalue weighted by atomic mass is 16.2. The van der Waals surface area contributed by atoms with Crippen LogP contribution in [0.1, 0.15) is 38.3 Å². The molecule has 0 unspecified atom stereocenters. The summed E-state index contributed by atoms with van der Waals surface area (Å²) in [6, 6.07) is 14.7. The first-order valence-corrected chi connectivity index (χ1v) is 7.64. The first kappa shape index (κ1) is 14.1. The molecule has 110 valence electrons. The summed E-state index contributed by atoms with van der Waals surface area (Å²) in [7, 11) is 0. The second kappa shape index (κ2) is 5.49. The molecule has 2 atom stereocenters. The van der Waals surface area contributed by atoms with Crippen LogP contribution in [0.4, 0.5) is 0 Å². The number of benzene rings is 2. The zero-order valence-electron chi connectivity index (χ0n) is 12.6. The molecule has 0 saturated heterocycles. The molecule has 0 radical (unpaired) electrons. The lowest BCUT2D eigenvalue weighted by molar-refractivity contribution is -0.135. The first-order chi connectivity index (χ1) is 10.1. The van der Waals surface area contributed by atoms with Gasteiger partial charge in [0.15, 0.2) is 0 Å². The lowest BCUT2D eigenvalue weighted by Crippen LogP contribution is -2.44. The highest BCUT2D eigenvalue weighted by Crippen LogP contribution is 2.35. The molecule has 3 nitrogen and oxygen atoms in total.